The number of benzene rings is 4. The van der Waals surface area contributed by atoms with Gasteiger partial charge in [-0.1, -0.05) is 96.0 Å². The number of amides is 2. The highest BCUT2D eigenvalue weighted by atomic mass is 35.5. The van der Waals surface area contributed by atoms with Crippen molar-refractivity contribution in [3.8, 4) is 0 Å². The second kappa shape index (κ2) is 14.6. The number of nitrogens with zero attached hydrogens (tertiary/aromatic N) is 2. The average Bonchev–Trinajstić information content (AvgIpc) is 3.00. The number of sulfonamides is 1. The van der Waals surface area contributed by atoms with Gasteiger partial charge in [0.1, 0.15) is 12.6 Å². The topological polar surface area (TPSA) is 86.8 Å². The van der Waals surface area contributed by atoms with Crippen molar-refractivity contribution in [2.45, 2.75) is 37.8 Å². The van der Waals surface area contributed by atoms with Crippen LogP contribution >= 0.6 is 23.2 Å². The number of anilines is 1. The second-order valence-corrected chi connectivity index (χ2v) is 12.7. The molecule has 0 saturated heterocycles. The van der Waals surface area contributed by atoms with Crippen LogP contribution in [-0.4, -0.2) is 44.3 Å². The highest BCUT2D eigenvalue weighted by Crippen LogP contribution is 2.30. The summed E-state index contributed by atoms with van der Waals surface area (Å²) in [4.78, 5) is 29.4. The van der Waals surface area contributed by atoms with Crippen LogP contribution in [0.2, 0.25) is 10.0 Å². The molecule has 0 aliphatic heterocycles. The normalized spacial score (nSPS) is 11.9. The Labute approximate surface area is 263 Å². The van der Waals surface area contributed by atoms with Crippen molar-refractivity contribution in [3.05, 3.63) is 130 Å². The molecule has 4 rings (SSSR count). The van der Waals surface area contributed by atoms with Crippen LogP contribution in [-0.2, 0) is 32.6 Å². The smallest absolute Gasteiger partial charge is 0.264 e. The van der Waals surface area contributed by atoms with Gasteiger partial charge in [0.05, 0.1) is 10.6 Å². The van der Waals surface area contributed by atoms with Crippen LogP contribution in [0.15, 0.2) is 108 Å². The lowest BCUT2D eigenvalue weighted by atomic mass is 10.0. The van der Waals surface area contributed by atoms with E-state index in [1.54, 1.807) is 68.4 Å². The first-order valence-electron chi connectivity index (χ1n) is 13.8. The average molecular weight is 639 g/mol. The fraction of sp³-hybridized carbons (Fsp3) is 0.212. The van der Waals surface area contributed by atoms with Crippen LogP contribution < -0.4 is 9.62 Å². The first-order chi connectivity index (χ1) is 20.6. The van der Waals surface area contributed by atoms with Gasteiger partial charge in [-0.15, -0.1) is 0 Å². The first-order valence-corrected chi connectivity index (χ1v) is 16.0. The zero-order chi connectivity index (χ0) is 31.0. The van der Waals surface area contributed by atoms with Gasteiger partial charge in [0.15, 0.2) is 0 Å². The molecule has 4 aromatic rings. The molecule has 0 unspecified atom stereocenters. The molecular formula is C33H33Cl2N3O4S. The SMILES string of the molecule is CCNC(=O)[C@@H](Cc1ccccc1)N(Cc1ccccc1Cl)C(=O)CN(c1cc(Cl)ccc1C)S(=O)(=O)c1ccccc1. The first kappa shape index (κ1) is 32.1. The van der Waals surface area contributed by atoms with Crippen molar-refractivity contribution < 1.29 is 18.0 Å². The van der Waals surface area contributed by atoms with Gasteiger partial charge in [0, 0.05) is 29.6 Å². The van der Waals surface area contributed by atoms with Crippen molar-refractivity contribution >= 4 is 50.7 Å². The number of nitrogens with one attached hydrogen (secondary N) is 1. The zero-order valence-electron chi connectivity index (χ0n) is 23.9. The quantitative estimate of drug-likeness (QED) is 0.198. The van der Waals surface area contributed by atoms with Gasteiger partial charge in [-0.25, -0.2) is 8.42 Å². The summed E-state index contributed by atoms with van der Waals surface area (Å²) in [6.45, 7) is 3.31. The molecule has 7 nitrogen and oxygen atoms in total. The van der Waals surface area contributed by atoms with Gasteiger partial charge in [-0.05, 0) is 60.9 Å². The van der Waals surface area contributed by atoms with E-state index in [9.17, 15) is 18.0 Å². The molecule has 0 aromatic heterocycles. The van der Waals surface area contributed by atoms with Gasteiger partial charge in [-0.2, -0.15) is 0 Å². The Morgan fingerprint density at radius 2 is 1.49 bits per heavy atom. The molecule has 2 amide bonds. The maximum absolute atomic E-state index is 14.4. The van der Waals surface area contributed by atoms with E-state index in [-0.39, 0.29) is 29.5 Å². The maximum atomic E-state index is 14.4. The zero-order valence-corrected chi connectivity index (χ0v) is 26.2. The summed E-state index contributed by atoms with van der Waals surface area (Å²) in [5.74, 6) is -0.936. The molecule has 10 heteroatoms. The summed E-state index contributed by atoms with van der Waals surface area (Å²) in [6, 6.07) is 28.2. The second-order valence-electron chi connectivity index (χ2n) is 9.97. The number of rotatable bonds is 12. The number of likely N-dealkylation sites (N-methyl/N-ethyl adjacent to an activating group) is 1. The number of halogens is 2. The Bertz CT molecular complexity index is 1670. The Hall–Kier alpha value is -3.85. The third-order valence-corrected chi connectivity index (χ3v) is 9.35. The minimum atomic E-state index is -4.22. The van der Waals surface area contributed by atoms with Crippen LogP contribution in [0, 0.1) is 6.92 Å². The third kappa shape index (κ3) is 7.96. The van der Waals surface area contributed by atoms with Gasteiger partial charge >= 0.3 is 0 Å². The Morgan fingerprint density at radius 3 is 2.14 bits per heavy atom. The molecule has 1 N–H and O–H groups in total. The van der Waals surface area contributed by atoms with E-state index in [4.69, 9.17) is 23.2 Å². The predicted octanol–water partition coefficient (Wildman–Crippen LogP) is 6.27. The summed E-state index contributed by atoms with van der Waals surface area (Å²) in [5.41, 5.74) is 2.34. The molecular weight excluding hydrogens is 605 g/mol. The molecule has 0 saturated carbocycles. The number of hydrogen-bond donors (Lipinski definition) is 1. The summed E-state index contributed by atoms with van der Waals surface area (Å²) >= 11 is 12.8. The van der Waals surface area contributed by atoms with Crippen LogP contribution in [0.1, 0.15) is 23.6 Å². The van der Waals surface area contributed by atoms with E-state index < -0.39 is 28.5 Å². The number of aryl methyl sites for hydroxylation is 1. The minimum Gasteiger partial charge on any atom is -0.355 e. The highest BCUT2D eigenvalue weighted by molar-refractivity contribution is 7.92. The van der Waals surface area contributed by atoms with Gasteiger partial charge in [-0.3, -0.25) is 13.9 Å². The van der Waals surface area contributed by atoms with E-state index in [1.165, 1.54) is 23.1 Å². The number of carbonyl (C=O) groups excluding carboxylic acids is 2. The fourth-order valence-electron chi connectivity index (χ4n) is 4.74. The maximum Gasteiger partial charge on any atom is 0.264 e. The molecule has 0 radical (unpaired) electrons. The van der Waals surface area contributed by atoms with E-state index in [1.807, 2.05) is 30.3 Å². The molecule has 224 valence electrons. The molecule has 0 heterocycles. The van der Waals surface area contributed by atoms with E-state index in [0.717, 1.165) is 9.87 Å². The number of carbonyl (C=O) groups is 2. The van der Waals surface area contributed by atoms with E-state index >= 15 is 0 Å². The lowest BCUT2D eigenvalue weighted by Gasteiger charge is -2.34. The van der Waals surface area contributed by atoms with Gasteiger partial charge < -0.3 is 10.2 Å². The summed E-state index contributed by atoms with van der Waals surface area (Å²) in [5, 5.41) is 3.59. The highest BCUT2D eigenvalue weighted by Gasteiger charge is 2.35. The largest absolute Gasteiger partial charge is 0.355 e. The molecule has 0 spiro atoms. The Balaban J connectivity index is 1.83. The van der Waals surface area contributed by atoms with Crippen molar-refractivity contribution in [2.75, 3.05) is 17.4 Å². The van der Waals surface area contributed by atoms with Crippen LogP contribution in [0.5, 0.6) is 0 Å². The molecule has 0 fully saturated rings. The van der Waals surface area contributed by atoms with Crippen LogP contribution in [0.4, 0.5) is 5.69 Å². The standard InChI is InChI=1S/C33H33Cl2N3O4S/c1-3-36-33(40)31(20-25-12-6-4-7-13-25)37(22-26-14-10-11-17-29(26)35)32(39)23-38(30-21-27(34)19-18-24(30)2)43(41,42)28-15-8-5-9-16-28/h4-19,21,31H,3,20,22-23H2,1-2H3,(H,36,40)/t31-/m1/s1. The molecule has 0 bridgehead atoms. The van der Waals surface area contributed by atoms with Crippen molar-refractivity contribution in [2.24, 2.45) is 0 Å². The Kier molecular flexibility index (Phi) is 10.9. The van der Waals surface area contributed by atoms with E-state index in [2.05, 4.69) is 5.32 Å². The fourth-order valence-corrected chi connectivity index (χ4v) is 6.59. The van der Waals surface area contributed by atoms with Crippen LogP contribution in [0.25, 0.3) is 0 Å². The molecule has 1 atom stereocenters. The molecule has 0 aliphatic carbocycles. The lowest BCUT2D eigenvalue weighted by molar-refractivity contribution is -0.140. The van der Waals surface area contributed by atoms with Gasteiger partial charge in [0.2, 0.25) is 11.8 Å². The van der Waals surface area contributed by atoms with Crippen molar-refractivity contribution in [1.29, 1.82) is 0 Å². The number of hydrogen-bond acceptors (Lipinski definition) is 4. The summed E-state index contributed by atoms with van der Waals surface area (Å²) < 4.78 is 29.2. The third-order valence-electron chi connectivity index (χ3n) is 6.97. The van der Waals surface area contributed by atoms with Crippen molar-refractivity contribution in [1.82, 2.24) is 10.2 Å². The molecule has 0 aliphatic rings. The lowest BCUT2D eigenvalue weighted by Crippen LogP contribution is -2.53. The van der Waals surface area contributed by atoms with Crippen molar-refractivity contribution in [3.63, 3.8) is 0 Å². The summed E-state index contributed by atoms with van der Waals surface area (Å²) in [7, 11) is -4.22. The van der Waals surface area contributed by atoms with E-state index in [0.29, 0.717) is 27.7 Å². The molecule has 43 heavy (non-hydrogen) atoms. The predicted molar refractivity (Wildman–Crippen MR) is 172 cm³/mol. The Morgan fingerprint density at radius 1 is 0.860 bits per heavy atom. The summed E-state index contributed by atoms with van der Waals surface area (Å²) in [6.07, 6.45) is 0.213. The minimum absolute atomic E-state index is 0.0130. The van der Waals surface area contributed by atoms with Crippen LogP contribution in [0.3, 0.4) is 0 Å². The van der Waals surface area contributed by atoms with Gasteiger partial charge in [0.25, 0.3) is 10.0 Å². The monoisotopic (exact) mass is 637 g/mol. The molecule has 4 aromatic carbocycles.